The maximum atomic E-state index is 13.7. The Hall–Kier alpha value is -2.50. The van der Waals surface area contributed by atoms with E-state index in [0.29, 0.717) is 25.3 Å². The van der Waals surface area contributed by atoms with Gasteiger partial charge in [0.15, 0.2) is 0 Å². The molecule has 1 N–H and O–H groups in total. The normalized spacial score (nSPS) is 16.4. The summed E-state index contributed by atoms with van der Waals surface area (Å²) in [5.41, 5.74) is 2.63. The number of hydrogen-bond acceptors (Lipinski definition) is 3. The second-order valence-electron chi connectivity index (χ2n) is 6.74. The predicted octanol–water partition coefficient (Wildman–Crippen LogP) is 3.34. The van der Waals surface area contributed by atoms with Gasteiger partial charge in [0.1, 0.15) is 5.82 Å². The highest BCUT2D eigenvalue weighted by atomic mass is 19.1. The lowest BCUT2D eigenvalue weighted by atomic mass is 10.0. The number of amides is 1. The molecular weight excluding hydrogens is 343 g/mol. The van der Waals surface area contributed by atoms with Gasteiger partial charge in [-0.3, -0.25) is 9.69 Å². The fourth-order valence-electron chi connectivity index (χ4n) is 3.07. The molecule has 0 unspecified atom stereocenters. The molecule has 1 heterocycles. The van der Waals surface area contributed by atoms with Crippen molar-refractivity contribution in [3.63, 3.8) is 0 Å². The van der Waals surface area contributed by atoms with Crippen LogP contribution in [0, 0.1) is 12.7 Å². The maximum Gasteiger partial charge on any atom is 0.244 e. The number of benzene rings is 2. The second-order valence-corrected chi connectivity index (χ2v) is 6.74. The number of ether oxygens (including phenoxy) is 1. The molecule has 142 valence electrons. The number of carbonyl (C=O) groups is 1. The number of nitrogens with zero attached hydrogens (tertiary/aromatic N) is 1. The average Bonchev–Trinajstić information content (AvgIpc) is 2.68. The van der Waals surface area contributed by atoms with E-state index in [-0.39, 0.29) is 17.8 Å². The minimum absolute atomic E-state index is 0.138. The topological polar surface area (TPSA) is 41.6 Å². The summed E-state index contributed by atoms with van der Waals surface area (Å²) < 4.78 is 19.1. The largest absolute Gasteiger partial charge is 0.379 e. The van der Waals surface area contributed by atoms with E-state index in [1.807, 2.05) is 31.2 Å². The van der Waals surface area contributed by atoms with Crippen molar-refractivity contribution in [1.82, 2.24) is 10.2 Å². The lowest BCUT2D eigenvalue weighted by molar-refractivity contribution is -0.117. The van der Waals surface area contributed by atoms with E-state index in [0.717, 1.165) is 18.7 Å². The molecule has 5 heteroatoms. The fourth-order valence-corrected chi connectivity index (χ4v) is 3.07. The van der Waals surface area contributed by atoms with Gasteiger partial charge >= 0.3 is 0 Å². The van der Waals surface area contributed by atoms with Crippen molar-refractivity contribution in [1.29, 1.82) is 0 Å². The number of aryl methyl sites for hydroxylation is 1. The monoisotopic (exact) mass is 368 g/mol. The molecule has 0 saturated carbocycles. The van der Waals surface area contributed by atoms with Crippen LogP contribution in [0.2, 0.25) is 0 Å². The summed E-state index contributed by atoms with van der Waals surface area (Å²) in [5, 5.41) is 3.06. The van der Waals surface area contributed by atoms with E-state index < -0.39 is 0 Å². The van der Waals surface area contributed by atoms with Gasteiger partial charge in [0, 0.05) is 31.3 Å². The standard InChI is InChI=1S/C22H25FN2O2/c1-17-6-8-19(9-7-17)21(16-25-12-14-27-15-13-25)24-22(26)11-10-18-4-2-3-5-20(18)23/h2-11,21H,12-16H2,1H3,(H,24,26)/b11-10+/t21-/m0/s1. The van der Waals surface area contributed by atoms with Crippen LogP contribution in [0.3, 0.4) is 0 Å². The van der Waals surface area contributed by atoms with E-state index >= 15 is 0 Å². The highest BCUT2D eigenvalue weighted by molar-refractivity contribution is 5.92. The van der Waals surface area contributed by atoms with Crippen LogP contribution >= 0.6 is 0 Å². The van der Waals surface area contributed by atoms with E-state index in [2.05, 4.69) is 10.2 Å². The predicted molar refractivity (Wildman–Crippen MR) is 105 cm³/mol. The minimum Gasteiger partial charge on any atom is -0.379 e. The molecule has 1 aliphatic rings. The second kappa shape index (κ2) is 9.44. The van der Waals surface area contributed by atoms with Crippen LogP contribution in [0.25, 0.3) is 6.08 Å². The molecule has 1 aliphatic heterocycles. The Labute approximate surface area is 159 Å². The van der Waals surface area contributed by atoms with Crippen LogP contribution in [0.1, 0.15) is 22.7 Å². The Balaban J connectivity index is 1.70. The molecule has 0 spiro atoms. The first-order valence-electron chi connectivity index (χ1n) is 9.21. The molecule has 0 aliphatic carbocycles. The lowest BCUT2D eigenvalue weighted by Crippen LogP contribution is -2.42. The minimum atomic E-state index is -0.343. The highest BCUT2D eigenvalue weighted by Crippen LogP contribution is 2.17. The summed E-state index contributed by atoms with van der Waals surface area (Å²) in [6.07, 6.45) is 2.89. The van der Waals surface area contributed by atoms with Crippen LogP contribution in [-0.2, 0) is 9.53 Å². The van der Waals surface area contributed by atoms with Gasteiger partial charge in [-0.25, -0.2) is 4.39 Å². The molecule has 0 bridgehead atoms. The first-order valence-corrected chi connectivity index (χ1v) is 9.21. The number of carbonyl (C=O) groups excluding carboxylic acids is 1. The van der Waals surface area contributed by atoms with Crippen molar-refractivity contribution in [3.05, 3.63) is 77.1 Å². The summed E-state index contributed by atoms with van der Waals surface area (Å²) in [6.45, 7) is 5.87. The summed E-state index contributed by atoms with van der Waals surface area (Å²) >= 11 is 0. The number of morpholine rings is 1. The highest BCUT2D eigenvalue weighted by Gasteiger charge is 2.19. The summed E-state index contributed by atoms with van der Waals surface area (Å²) in [4.78, 5) is 14.7. The molecule has 3 rings (SSSR count). The van der Waals surface area contributed by atoms with E-state index in [1.165, 1.54) is 23.8 Å². The third-order valence-corrected chi connectivity index (χ3v) is 4.66. The van der Waals surface area contributed by atoms with Gasteiger partial charge in [-0.15, -0.1) is 0 Å². The molecule has 2 aromatic rings. The summed E-state index contributed by atoms with van der Waals surface area (Å²) in [7, 11) is 0. The van der Waals surface area contributed by atoms with Crippen molar-refractivity contribution in [3.8, 4) is 0 Å². The number of rotatable bonds is 6. The Morgan fingerprint density at radius 1 is 1.19 bits per heavy atom. The molecular formula is C22H25FN2O2. The summed E-state index contributed by atoms with van der Waals surface area (Å²) in [6, 6.07) is 14.4. The molecule has 0 aromatic heterocycles. The number of hydrogen-bond donors (Lipinski definition) is 1. The molecule has 4 nitrogen and oxygen atoms in total. The van der Waals surface area contributed by atoms with Gasteiger partial charge in [-0.2, -0.15) is 0 Å². The third-order valence-electron chi connectivity index (χ3n) is 4.66. The Morgan fingerprint density at radius 2 is 1.89 bits per heavy atom. The van der Waals surface area contributed by atoms with Crippen molar-refractivity contribution < 1.29 is 13.9 Å². The Morgan fingerprint density at radius 3 is 2.59 bits per heavy atom. The van der Waals surface area contributed by atoms with Gasteiger partial charge in [0.05, 0.1) is 19.3 Å². The van der Waals surface area contributed by atoms with Gasteiger partial charge in [-0.1, -0.05) is 48.0 Å². The van der Waals surface area contributed by atoms with Crippen LogP contribution in [0.15, 0.2) is 54.6 Å². The summed E-state index contributed by atoms with van der Waals surface area (Å²) in [5.74, 6) is -0.581. The van der Waals surface area contributed by atoms with Crippen LogP contribution in [0.5, 0.6) is 0 Å². The van der Waals surface area contributed by atoms with Gasteiger partial charge < -0.3 is 10.1 Å². The van der Waals surface area contributed by atoms with Crippen LogP contribution < -0.4 is 5.32 Å². The maximum absolute atomic E-state index is 13.7. The quantitative estimate of drug-likeness (QED) is 0.795. The molecule has 1 amide bonds. The molecule has 27 heavy (non-hydrogen) atoms. The molecule has 2 aromatic carbocycles. The van der Waals surface area contributed by atoms with E-state index in [4.69, 9.17) is 4.74 Å². The average molecular weight is 368 g/mol. The fraction of sp³-hybridized carbons (Fsp3) is 0.318. The van der Waals surface area contributed by atoms with Crippen molar-refractivity contribution in [2.75, 3.05) is 32.8 Å². The molecule has 1 atom stereocenters. The SMILES string of the molecule is Cc1ccc([C@H](CN2CCOCC2)NC(=O)/C=C/c2ccccc2F)cc1. The van der Waals surface area contributed by atoms with Gasteiger partial charge in [0.2, 0.25) is 5.91 Å². The van der Waals surface area contributed by atoms with E-state index in [1.54, 1.807) is 18.2 Å². The first kappa shape index (κ1) is 19.3. The van der Waals surface area contributed by atoms with Crippen molar-refractivity contribution in [2.24, 2.45) is 0 Å². The van der Waals surface area contributed by atoms with Crippen molar-refractivity contribution >= 4 is 12.0 Å². The zero-order valence-corrected chi connectivity index (χ0v) is 15.5. The van der Waals surface area contributed by atoms with Gasteiger partial charge in [0.25, 0.3) is 0 Å². The van der Waals surface area contributed by atoms with Crippen LogP contribution in [-0.4, -0.2) is 43.7 Å². The number of nitrogens with one attached hydrogen (secondary N) is 1. The Kier molecular flexibility index (Phi) is 6.74. The zero-order chi connectivity index (χ0) is 19.1. The third kappa shape index (κ3) is 5.74. The Bertz CT molecular complexity index is 783. The van der Waals surface area contributed by atoms with Crippen LogP contribution in [0.4, 0.5) is 4.39 Å². The molecule has 1 fully saturated rings. The molecule has 0 radical (unpaired) electrons. The smallest absolute Gasteiger partial charge is 0.244 e. The lowest BCUT2D eigenvalue weighted by Gasteiger charge is -2.31. The molecule has 1 saturated heterocycles. The van der Waals surface area contributed by atoms with Crippen molar-refractivity contribution in [2.45, 2.75) is 13.0 Å². The van der Waals surface area contributed by atoms with E-state index in [9.17, 15) is 9.18 Å². The first-order chi connectivity index (χ1) is 13.1. The number of halogens is 1. The van der Waals surface area contributed by atoms with Gasteiger partial charge in [-0.05, 0) is 24.6 Å². The zero-order valence-electron chi connectivity index (χ0n) is 15.5.